The molecule has 22 heavy (non-hydrogen) atoms. The van der Waals surface area contributed by atoms with E-state index in [1.807, 2.05) is 6.92 Å². The van der Waals surface area contributed by atoms with Gasteiger partial charge in [-0.2, -0.15) is 0 Å². The summed E-state index contributed by atoms with van der Waals surface area (Å²) < 4.78 is 15.3. The van der Waals surface area contributed by atoms with Crippen molar-refractivity contribution in [3.05, 3.63) is 17.2 Å². The monoisotopic (exact) mass is 311 g/mol. The fourth-order valence-electron chi connectivity index (χ4n) is 2.10. The summed E-state index contributed by atoms with van der Waals surface area (Å²) in [5.41, 5.74) is 0.857. The van der Waals surface area contributed by atoms with E-state index < -0.39 is 23.7 Å². The van der Waals surface area contributed by atoms with Crippen LogP contribution in [0.15, 0.2) is 0 Å². The molecular formula is C14H21N3O5. The van der Waals surface area contributed by atoms with Gasteiger partial charge in [-0.3, -0.25) is 0 Å². The van der Waals surface area contributed by atoms with Gasteiger partial charge in [0, 0.05) is 0 Å². The van der Waals surface area contributed by atoms with Crippen molar-refractivity contribution in [1.82, 2.24) is 15.3 Å². The second-order valence-corrected chi connectivity index (χ2v) is 6.04. The molecule has 0 saturated carbocycles. The summed E-state index contributed by atoms with van der Waals surface area (Å²) in [6.45, 7) is 7.47. The minimum Gasteiger partial charge on any atom is -0.467 e. The van der Waals surface area contributed by atoms with Gasteiger partial charge in [0.2, 0.25) is 0 Å². The molecule has 8 heteroatoms. The number of nitrogens with zero attached hydrogens (tertiary/aromatic N) is 1. The Morgan fingerprint density at radius 3 is 2.68 bits per heavy atom. The van der Waals surface area contributed by atoms with Crippen LogP contribution < -0.4 is 5.32 Å². The number of nitrogens with one attached hydrogen (secondary N) is 2. The van der Waals surface area contributed by atoms with Gasteiger partial charge in [0.25, 0.3) is 0 Å². The number of fused-ring (bicyclic) bond motifs is 1. The molecule has 1 aliphatic rings. The third kappa shape index (κ3) is 3.56. The first-order valence-corrected chi connectivity index (χ1v) is 6.99. The summed E-state index contributed by atoms with van der Waals surface area (Å²) in [6.07, 6.45) is -0.872. The maximum Gasteiger partial charge on any atom is 0.408 e. The van der Waals surface area contributed by atoms with Crippen LogP contribution in [0.4, 0.5) is 4.79 Å². The number of amides is 1. The molecule has 1 unspecified atom stereocenters. The van der Waals surface area contributed by atoms with Gasteiger partial charge < -0.3 is 24.5 Å². The Bertz CT molecular complexity index is 576. The highest BCUT2D eigenvalue weighted by Crippen LogP contribution is 2.29. The second kappa shape index (κ2) is 5.96. The van der Waals surface area contributed by atoms with E-state index >= 15 is 0 Å². The van der Waals surface area contributed by atoms with Gasteiger partial charge >= 0.3 is 12.1 Å². The van der Waals surface area contributed by atoms with Crippen molar-refractivity contribution in [3.8, 4) is 0 Å². The van der Waals surface area contributed by atoms with Crippen molar-refractivity contribution in [2.45, 2.75) is 52.0 Å². The van der Waals surface area contributed by atoms with E-state index in [4.69, 9.17) is 14.2 Å². The largest absolute Gasteiger partial charge is 0.467 e. The van der Waals surface area contributed by atoms with Gasteiger partial charge in [0.15, 0.2) is 6.04 Å². The Morgan fingerprint density at radius 2 is 2.14 bits per heavy atom. The summed E-state index contributed by atoms with van der Waals surface area (Å²) in [7, 11) is 1.24. The highest BCUT2D eigenvalue weighted by atomic mass is 16.6. The zero-order chi connectivity index (χ0) is 16.5. The van der Waals surface area contributed by atoms with E-state index in [0.29, 0.717) is 12.4 Å². The van der Waals surface area contributed by atoms with Crippen LogP contribution in [-0.2, 0) is 25.6 Å². The van der Waals surface area contributed by atoms with Crippen LogP contribution in [0.5, 0.6) is 0 Å². The molecule has 2 heterocycles. The third-order valence-electron chi connectivity index (χ3n) is 3.06. The fraction of sp³-hybridized carbons (Fsp3) is 0.643. The number of rotatable bonds is 3. The molecule has 0 spiro atoms. The van der Waals surface area contributed by atoms with Gasteiger partial charge in [-0.25, -0.2) is 14.6 Å². The molecule has 2 N–H and O–H groups in total. The normalized spacial score (nSPS) is 18.5. The van der Waals surface area contributed by atoms with E-state index in [9.17, 15) is 9.59 Å². The first-order chi connectivity index (χ1) is 10.2. The Kier molecular flexibility index (Phi) is 4.41. The number of aromatic amines is 1. The first-order valence-electron chi connectivity index (χ1n) is 6.99. The van der Waals surface area contributed by atoms with Crippen molar-refractivity contribution >= 4 is 12.1 Å². The van der Waals surface area contributed by atoms with Crippen molar-refractivity contribution in [3.63, 3.8) is 0 Å². The average Bonchev–Trinajstić information content (AvgIpc) is 2.96. The van der Waals surface area contributed by atoms with E-state index in [1.54, 1.807) is 20.8 Å². The van der Waals surface area contributed by atoms with E-state index in [0.717, 1.165) is 11.4 Å². The van der Waals surface area contributed by atoms with Crippen molar-refractivity contribution in [1.29, 1.82) is 0 Å². The average molecular weight is 311 g/mol. The van der Waals surface area contributed by atoms with E-state index in [1.165, 1.54) is 7.11 Å². The molecule has 1 aliphatic heterocycles. The number of hydrogen-bond acceptors (Lipinski definition) is 6. The standard InChI is InChI=1S/C14H21N3O5/c1-7-9-8(6-21-7)15-11(16-9)10(12(18)20-5)17-13(19)22-14(2,3)4/h7,10H,6H2,1-5H3,(H,15,16)(H,17,19)/t7?,10-/m0/s1. The molecule has 1 aromatic rings. The Morgan fingerprint density at radius 1 is 1.45 bits per heavy atom. The van der Waals surface area contributed by atoms with Crippen LogP contribution in [0.1, 0.15) is 57.1 Å². The molecule has 2 atom stereocenters. The number of carbonyl (C=O) groups excluding carboxylic acids is 2. The Labute approximate surface area is 128 Å². The van der Waals surface area contributed by atoms with Crippen LogP contribution in [0.2, 0.25) is 0 Å². The predicted octanol–water partition coefficient (Wildman–Crippen LogP) is 1.74. The molecule has 0 fully saturated rings. The van der Waals surface area contributed by atoms with Crippen molar-refractivity contribution in [2.24, 2.45) is 0 Å². The molecule has 0 aliphatic carbocycles. The molecule has 0 saturated heterocycles. The van der Waals surface area contributed by atoms with Gasteiger partial charge in [-0.15, -0.1) is 0 Å². The first kappa shape index (κ1) is 16.3. The number of ether oxygens (including phenoxy) is 3. The maximum atomic E-state index is 11.9. The summed E-state index contributed by atoms with van der Waals surface area (Å²) in [5, 5.41) is 2.47. The molecule has 8 nitrogen and oxygen atoms in total. The number of H-pyrrole nitrogens is 1. The molecule has 1 aromatic heterocycles. The van der Waals surface area contributed by atoms with Gasteiger partial charge in [0.05, 0.1) is 31.2 Å². The smallest absolute Gasteiger partial charge is 0.408 e. The lowest BCUT2D eigenvalue weighted by molar-refractivity contribution is -0.143. The summed E-state index contributed by atoms with van der Waals surface area (Å²) in [4.78, 5) is 31.2. The summed E-state index contributed by atoms with van der Waals surface area (Å²) >= 11 is 0. The highest BCUT2D eigenvalue weighted by Gasteiger charge is 2.32. The van der Waals surface area contributed by atoms with Crippen LogP contribution >= 0.6 is 0 Å². The van der Waals surface area contributed by atoms with Gasteiger partial charge in [0.1, 0.15) is 11.4 Å². The van der Waals surface area contributed by atoms with Crippen molar-refractivity contribution < 1.29 is 23.8 Å². The van der Waals surface area contributed by atoms with Gasteiger partial charge in [-0.1, -0.05) is 0 Å². The number of carbonyl (C=O) groups is 2. The summed E-state index contributed by atoms with van der Waals surface area (Å²) in [6, 6.07) is -1.06. The zero-order valence-corrected chi connectivity index (χ0v) is 13.4. The highest BCUT2D eigenvalue weighted by molar-refractivity contribution is 5.82. The molecule has 0 bridgehead atoms. The van der Waals surface area contributed by atoms with E-state index in [-0.39, 0.29) is 6.10 Å². The Hall–Kier alpha value is -2.09. The topological polar surface area (TPSA) is 103 Å². The number of aromatic nitrogens is 2. The Balaban J connectivity index is 2.18. The van der Waals surface area contributed by atoms with Crippen LogP contribution in [0.25, 0.3) is 0 Å². The second-order valence-electron chi connectivity index (χ2n) is 6.04. The maximum absolute atomic E-state index is 11.9. The fourth-order valence-corrected chi connectivity index (χ4v) is 2.10. The van der Waals surface area contributed by atoms with E-state index in [2.05, 4.69) is 15.3 Å². The van der Waals surface area contributed by atoms with Crippen LogP contribution in [0.3, 0.4) is 0 Å². The van der Waals surface area contributed by atoms with Gasteiger partial charge in [-0.05, 0) is 27.7 Å². The van der Waals surface area contributed by atoms with Crippen molar-refractivity contribution in [2.75, 3.05) is 7.11 Å². The molecule has 1 amide bonds. The minimum absolute atomic E-state index is 0.153. The molecule has 0 radical (unpaired) electrons. The molecular weight excluding hydrogens is 290 g/mol. The minimum atomic E-state index is -1.06. The zero-order valence-electron chi connectivity index (χ0n) is 13.4. The van der Waals surface area contributed by atoms with Crippen LogP contribution in [-0.4, -0.2) is 34.7 Å². The third-order valence-corrected chi connectivity index (χ3v) is 3.06. The number of imidazole rings is 1. The molecule has 2 rings (SSSR count). The quantitative estimate of drug-likeness (QED) is 0.824. The molecule has 0 aromatic carbocycles. The number of hydrogen-bond donors (Lipinski definition) is 2. The molecule has 122 valence electrons. The lowest BCUT2D eigenvalue weighted by Crippen LogP contribution is -2.39. The lowest BCUT2D eigenvalue weighted by atomic mass is 10.2. The lowest BCUT2D eigenvalue weighted by Gasteiger charge is -2.22. The summed E-state index contributed by atoms with van der Waals surface area (Å²) in [5.74, 6) is -0.329. The number of esters is 1. The SMILES string of the molecule is COC(=O)[C@@H](NC(=O)OC(C)(C)C)c1nc2c([nH]1)COC2C. The van der Waals surface area contributed by atoms with Crippen LogP contribution in [0, 0.1) is 0 Å². The number of alkyl carbamates (subject to hydrolysis) is 1. The predicted molar refractivity (Wildman–Crippen MR) is 75.9 cm³/mol. The number of methoxy groups -OCH3 is 1.